The van der Waals surface area contributed by atoms with E-state index in [1.165, 1.54) is 10.8 Å². The van der Waals surface area contributed by atoms with Gasteiger partial charge in [-0.25, -0.2) is 4.98 Å². The van der Waals surface area contributed by atoms with E-state index in [1.54, 1.807) is 0 Å². The molecule has 13 aromatic rings. The number of benzene rings is 8. The van der Waals surface area contributed by atoms with Gasteiger partial charge in [-0.2, -0.15) is 9.97 Å². The molecule has 7 heteroatoms. The predicted molar refractivity (Wildman–Crippen MR) is 255 cm³/mol. The molecule has 0 spiro atoms. The number of para-hydroxylation sites is 2. The van der Waals surface area contributed by atoms with Crippen molar-refractivity contribution in [1.29, 1.82) is 0 Å². The fraction of sp³-hybridized carbons (Fsp3) is 0. The van der Waals surface area contributed by atoms with Gasteiger partial charge in [-0.15, -0.1) is 0 Å². The normalized spacial score (nSPS) is 11.8. The Kier molecular flexibility index (Phi) is 7.77. The molecular formula is C56H34N6O. The highest BCUT2D eigenvalue weighted by atomic mass is 16.3. The summed E-state index contributed by atoms with van der Waals surface area (Å²) in [6, 6.07) is 70.1. The maximum absolute atomic E-state index is 6.10. The lowest BCUT2D eigenvalue weighted by Crippen LogP contribution is -2.06. The van der Waals surface area contributed by atoms with Gasteiger partial charge in [0.05, 0.1) is 22.1 Å². The molecule has 0 saturated heterocycles. The second-order valence-corrected chi connectivity index (χ2v) is 15.9. The lowest BCUT2D eigenvalue weighted by Gasteiger charge is -2.12. The van der Waals surface area contributed by atoms with Crippen LogP contribution in [0.25, 0.3) is 122 Å². The average Bonchev–Trinajstić information content (AvgIpc) is 4.01. The zero-order valence-electron chi connectivity index (χ0n) is 33.7. The van der Waals surface area contributed by atoms with Gasteiger partial charge in [0.2, 0.25) is 5.95 Å². The number of fused-ring (bicyclic) bond motifs is 9. The van der Waals surface area contributed by atoms with E-state index in [9.17, 15) is 0 Å². The van der Waals surface area contributed by atoms with Crippen LogP contribution in [-0.4, -0.2) is 29.1 Å². The van der Waals surface area contributed by atoms with Crippen molar-refractivity contribution in [3.63, 3.8) is 0 Å². The first kappa shape index (κ1) is 35.1. The summed E-state index contributed by atoms with van der Waals surface area (Å²) in [7, 11) is 0. The van der Waals surface area contributed by atoms with Crippen LogP contribution in [0.1, 0.15) is 0 Å². The van der Waals surface area contributed by atoms with Gasteiger partial charge in [-0.1, -0.05) is 133 Å². The molecule has 5 heterocycles. The quantitative estimate of drug-likeness (QED) is 0.167. The molecule has 0 atom stereocenters. The summed E-state index contributed by atoms with van der Waals surface area (Å²) < 4.78 is 10.7. The SMILES string of the molecule is c1ccc(-c2nc(-c3ccccc3)nc(-n3c4ccccc4c4cc(-c5ccc6c7ccccc7n(-c7cccc(-c8ccc9oc%10cccnc%10c9c8)c7)c6c5)ccc43)n2)cc1. The minimum Gasteiger partial charge on any atom is -0.454 e. The Labute approximate surface area is 360 Å². The van der Waals surface area contributed by atoms with Crippen LogP contribution in [0.2, 0.25) is 0 Å². The Hall–Kier alpha value is -8.68. The first-order valence-corrected chi connectivity index (χ1v) is 21.0. The van der Waals surface area contributed by atoms with Crippen LogP contribution in [0.3, 0.4) is 0 Å². The fourth-order valence-corrected chi connectivity index (χ4v) is 9.30. The molecule has 0 amide bonds. The van der Waals surface area contributed by atoms with E-state index in [4.69, 9.17) is 19.4 Å². The minimum atomic E-state index is 0.574. The molecule has 294 valence electrons. The topological polar surface area (TPSA) is 74.6 Å². The Morgan fingerprint density at radius 2 is 0.905 bits per heavy atom. The Balaban J connectivity index is 0.961. The number of furan rings is 1. The van der Waals surface area contributed by atoms with E-state index in [2.05, 4.69) is 135 Å². The van der Waals surface area contributed by atoms with Crippen LogP contribution in [-0.2, 0) is 0 Å². The highest BCUT2D eigenvalue weighted by Crippen LogP contribution is 2.39. The van der Waals surface area contributed by atoms with Crippen molar-refractivity contribution in [3.05, 3.63) is 206 Å². The van der Waals surface area contributed by atoms with Gasteiger partial charge in [0.1, 0.15) is 11.1 Å². The third-order valence-corrected chi connectivity index (χ3v) is 12.2. The number of rotatable bonds is 6. The van der Waals surface area contributed by atoms with Gasteiger partial charge in [0.25, 0.3) is 0 Å². The van der Waals surface area contributed by atoms with Gasteiger partial charge in [0.15, 0.2) is 17.2 Å². The largest absolute Gasteiger partial charge is 0.454 e. The first-order valence-electron chi connectivity index (χ1n) is 21.0. The lowest BCUT2D eigenvalue weighted by atomic mass is 10.0. The molecule has 0 saturated carbocycles. The van der Waals surface area contributed by atoms with Crippen molar-refractivity contribution < 1.29 is 4.42 Å². The maximum atomic E-state index is 6.10. The van der Waals surface area contributed by atoms with Gasteiger partial charge in [0, 0.05) is 49.9 Å². The zero-order chi connectivity index (χ0) is 41.4. The molecule has 7 nitrogen and oxygen atoms in total. The average molecular weight is 807 g/mol. The Bertz CT molecular complexity index is 3860. The molecule has 0 fully saturated rings. The van der Waals surface area contributed by atoms with Crippen LogP contribution in [0, 0.1) is 0 Å². The van der Waals surface area contributed by atoms with E-state index >= 15 is 0 Å². The molecule has 0 aliphatic heterocycles. The van der Waals surface area contributed by atoms with Crippen molar-refractivity contribution in [3.8, 4) is 56.7 Å². The lowest BCUT2D eigenvalue weighted by molar-refractivity contribution is 0.668. The zero-order valence-corrected chi connectivity index (χ0v) is 33.7. The number of nitrogens with zero attached hydrogens (tertiary/aromatic N) is 6. The summed E-state index contributed by atoms with van der Waals surface area (Å²) in [5, 5.41) is 5.67. The molecule has 5 aromatic heterocycles. The summed E-state index contributed by atoms with van der Waals surface area (Å²) in [4.78, 5) is 19.8. The van der Waals surface area contributed by atoms with Crippen molar-refractivity contribution >= 4 is 65.7 Å². The van der Waals surface area contributed by atoms with E-state index in [0.717, 1.165) is 94.0 Å². The van der Waals surface area contributed by atoms with E-state index in [-0.39, 0.29) is 0 Å². The standard InChI is InChI=1S/C56H34N6O/c1-3-13-35(14-4-1)54-58-55(36-15-5-2-6-16-36)60-56(59-54)62-48-22-10-8-20-43(48)45-32-38(25-28-49(45)62)40-24-27-44-42-19-7-9-21-47(42)61(50(44)34-40)41-18-11-17-37(31-41)39-26-29-51-46(33-39)53-52(63-51)23-12-30-57-53/h1-34H. The summed E-state index contributed by atoms with van der Waals surface area (Å²) in [5.74, 6) is 1.83. The number of aromatic nitrogens is 6. The van der Waals surface area contributed by atoms with Gasteiger partial charge >= 0.3 is 0 Å². The molecule has 0 bridgehead atoms. The summed E-state index contributed by atoms with van der Waals surface area (Å²) in [6.45, 7) is 0. The molecule has 0 unspecified atom stereocenters. The first-order chi connectivity index (χ1) is 31.2. The van der Waals surface area contributed by atoms with Crippen molar-refractivity contribution in [2.45, 2.75) is 0 Å². The third-order valence-electron chi connectivity index (χ3n) is 12.2. The van der Waals surface area contributed by atoms with Crippen molar-refractivity contribution in [2.24, 2.45) is 0 Å². The highest BCUT2D eigenvalue weighted by molar-refractivity contribution is 6.12. The minimum absolute atomic E-state index is 0.574. The van der Waals surface area contributed by atoms with Crippen LogP contribution in [0.15, 0.2) is 211 Å². The van der Waals surface area contributed by atoms with Crippen LogP contribution >= 0.6 is 0 Å². The molecule has 8 aromatic carbocycles. The molecule has 13 rings (SSSR count). The summed E-state index contributed by atoms with van der Waals surface area (Å²) >= 11 is 0. The van der Waals surface area contributed by atoms with Gasteiger partial charge in [-0.05, 0) is 89.0 Å². The monoisotopic (exact) mass is 806 g/mol. The molecule has 0 N–H and O–H groups in total. The van der Waals surface area contributed by atoms with Gasteiger partial charge in [-0.3, -0.25) is 9.55 Å². The molecule has 63 heavy (non-hydrogen) atoms. The summed E-state index contributed by atoms with van der Waals surface area (Å²) in [5.41, 5.74) is 14.3. The number of hydrogen-bond acceptors (Lipinski definition) is 5. The molecular weight excluding hydrogens is 773 g/mol. The third kappa shape index (κ3) is 5.67. The molecule has 0 aliphatic carbocycles. The highest BCUT2D eigenvalue weighted by Gasteiger charge is 2.20. The van der Waals surface area contributed by atoms with Crippen LogP contribution < -0.4 is 0 Å². The maximum Gasteiger partial charge on any atom is 0.238 e. The number of hydrogen-bond donors (Lipinski definition) is 0. The fourth-order valence-electron chi connectivity index (χ4n) is 9.30. The molecule has 0 radical (unpaired) electrons. The van der Waals surface area contributed by atoms with Crippen molar-refractivity contribution in [2.75, 3.05) is 0 Å². The van der Waals surface area contributed by atoms with E-state index < -0.39 is 0 Å². The predicted octanol–water partition coefficient (Wildman–Crippen LogP) is 14.0. The second-order valence-electron chi connectivity index (χ2n) is 15.9. The van der Waals surface area contributed by atoms with E-state index in [1.807, 2.05) is 85.1 Å². The number of pyridine rings is 1. The smallest absolute Gasteiger partial charge is 0.238 e. The Morgan fingerprint density at radius 1 is 0.333 bits per heavy atom. The summed E-state index contributed by atoms with van der Waals surface area (Å²) in [6.07, 6.45) is 1.82. The van der Waals surface area contributed by atoms with Gasteiger partial charge < -0.3 is 8.98 Å². The van der Waals surface area contributed by atoms with E-state index in [0.29, 0.717) is 17.6 Å². The van der Waals surface area contributed by atoms with Crippen molar-refractivity contribution in [1.82, 2.24) is 29.1 Å². The molecule has 0 aliphatic rings. The van der Waals surface area contributed by atoms with Crippen LogP contribution in [0.5, 0.6) is 0 Å². The Morgan fingerprint density at radius 3 is 1.67 bits per heavy atom. The van der Waals surface area contributed by atoms with Crippen LogP contribution in [0.4, 0.5) is 0 Å². The second kappa shape index (κ2) is 13.9.